The Morgan fingerprint density at radius 2 is 1.46 bits per heavy atom. The molecule has 0 atom stereocenters. The SMILES string of the molecule is C1CCCC2(CC1)CCOC2.CC. The molecule has 0 aromatic heterocycles. The summed E-state index contributed by atoms with van der Waals surface area (Å²) in [6.07, 6.45) is 10.0. The zero-order valence-electron chi connectivity index (χ0n) is 9.27. The van der Waals surface area contributed by atoms with Crippen LogP contribution in [0.1, 0.15) is 58.8 Å². The van der Waals surface area contributed by atoms with Gasteiger partial charge in [0.15, 0.2) is 0 Å². The van der Waals surface area contributed by atoms with Crippen LogP contribution in [-0.4, -0.2) is 13.2 Å². The summed E-state index contributed by atoms with van der Waals surface area (Å²) in [5, 5.41) is 0. The van der Waals surface area contributed by atoms with E-state index in [0.29, 0.717) is 5.41 Å². The molecule has 0 radical (unpaired) electrons. The standard InChI is InChI=1S/C10H18O.C2H6/c1-2-4-6-10(5-3-1)7-8-11-9-10;1-2/h1-9H2;1-2H3. The van der Waals surface area contributed by atoms with Crippen molar-refractivity contribution in [3.63, 3.8) is 0 Å². The largest absolute Gasteiger partial charge is 0.381 e. The molecule has 1 spiro atoms. The van der Waals surface area contributed by atoms with Crippen LogP contribution >= 0.6 is 0 Å². The Balaban J connectivity index is 0.000000396. The van der Waals surface area contributed by atoms with Gasteiger partial charge in [-0.25, -0.2) is 0 Å². The lowest BCUT2D eigenvalue weighted by Gasteiger charge is -2.24. The molecule has 1 nitrogen and oxygen atoms in total. The first kappa shape index (κ1) is 11.0. The first-order valence-electron chi connectivity index (χ1n) is 5.99. The van der Waals surface area contributed by atoms with E-state index in [2.05, 4.69) is 0 Å². The fraction of sp³-hybridized carbons (Fsp3) is 1.00. The number of rotatable bonds is 0. The Bertz CT molecular complexity index is 115. The molecule has 0 unspecified atom stereocenters. The topological polar surface area (TPSA) is 9.23 Å². The molecule has 0 amide bonds. The van der Waals surface area contributed by atoms with Crippen molar-refractivity contribution in [3.05, 3.63) is 0 Å². The van der Waals surface area contributed by atoms with E-state index in [0.717, 1.165) is 13.2 Å². The second-order valence-electron chi connectivity index (χ2n) is 4.22. The zero-order chi connectivity index (χ0) is 9.57. The molecular weight excluding hydrogens is 160 g/mol. The van der Waals surface area contributed by atoms with Crippen molar-refractivity contribution in [1.29, 1.82) is 0 Å². The molecule has 2 fully saturated rings. The molecule has 78 valence electrons. The predicted octanol–water partition coefficient (Wildman–Crippen LogP) is 3.77. The van der Waals surface area contributed by atoms with Crippen LogP contribution in [-0.2, 0) is 4.74 Å². The second-order valence-corrected chi connectivity index (χ2v) is 4.22. The second kappa shape index (κ2) is 5.64. The summed E-state index contributed by atoms with van der Waals surface area (Å²) in [7, 11) is 0. The summed E-state index contributed by atoms with van der Waals surface area (Å²) >= 11 is 0. The van der Waals surface area contributed by atoms with Gasteiger partial charge in [0, 0.05) is 6.61 Å². The summed E-state index contributed by atoms with van der Waals surface area (Å²) in [4.78, 5) is 0. The molecule has 1 heteroatoms. The van der Waals surface area contributed by atoms with E-state index in [9.17, 15) is 0 Å². The monoisotopic (exact) mass is 184 g/mol. The lowest BCUT2D eigenvalue weighted by molar-refractivity contribution is 0.141. The average Bonchev–Trinajstić information content (AvgIpc) is 2.50. The van der Waals surface area contributed by atoms with Crippen LogP contribution in [0, 0.1) is 5.41 Å². The summed E-state index contributed by atoms with van der Waals surface area (Å²) < 4.78 is 5.49. The van der Waals surface area contributed by atoms with Crippen LogP contribution < -0.4 is 0 Å². The first-order valence-corrected chi connectivity index (χ1v) is 5.99. The van der Waals surface area contributed by atoms with Crippen molar-refractivity contribution < 1.29 is 4.74 Å². The molecular formula is C12H24O. The van der Waals surface area contributed by atoms with E-state index in [4.69, 9.17) is 4.74 Å². The summed E-state index contributed by atoms with van der Waals surface area (Å²) in [5.74, 6) is 0. The highest BCUT2D eigenvalue weighted by Crippen LogP contribution is 2.41. The van der Waals surface area contributed by atoms with Crippen molar-refractivity contribution >= 4 is 0 Å². The fourth-order valence-electron chi connectivity index (χ4n) is 2.52. The third-order valence-corrected chi connectivity index (χ3v) is 3.35. The average molecular weight is 184 g/mol. The van der Waals surface area contributed by atoms with Gasteiger partial charge in [-0.15, -0.1) is 0 Å². The highest BCUT2D eigenvalue weighted by molar-refractivity contribution is 4.84. The summed E-state index contributed by atoms with van der Waals surface area (Å²) in [6, 6.07) is 0. The Hall–Kier alpha value is -0.0400. The Morgan fingerprint density at radius 3 is 1.92 bits per heavy atom. The highest BCUT2D eigenvalue weighted by atomic mass is 16.5. The van der Waals surface area contributed by atoms with E-state index in [1.807, 2.05) is 13.8 Å². The van der Waals surface area contributed by atoms with Crippen molar-refractivity contribution in [2.45, 2.75) is 58.8 Å². The van der Waals surface area contributed by atoms with Crippen LogP contribution in [0.5, 0.6) is 0 Å². The van der Waals surface area contributed by atoms with Gasteiger partial charge in [-0.1, -0.05) is 39.5 Å². The van der Waals surface area contributed by atoms with Gasteiger partial charge in [0.25, 0.3) is 0 Å². The molecule has 1 aliphatic heterocycles. The van der Waals surface area contributed by atoms with Gasteiger partial charge >= 0.3 is 0 Å². The van der Waals surface area contributed by atoms with Crippen LogP contribution in [0.25, 0.3) is 0 Å². The first-order chi connectivity index (χ1) is 6.41. The molecule has 1 saturated carbocycles. The van der Waals surface area contributed by atoms with Crippen LogP contribution in [0.15, 0.2) is 0 Å². The molecule has 0 aromatic carbocycles. The van der Waals surface area contributed by atoms with Crippen molar-refractivity contribution in [2.24, 2.45) is 5.41 Å². The maximum absolute atomic E-state index is 5.49. The maximum Gasteiger partial charge on any atom is 0.0523 e. The maximum atomic E-state index is 5.49. The van der Waals surface area contributed by atoms with E-state index in [1.165, 1.54) is 44.9 Å². The van der Waals surface area contributed by atoms with Gasteiger partial charge < -0.3 is 4.74 Å². The van der Waals surface area contributed by atoms with E-state index in [-0.39, 0.29) is 0 Å². The number of ether oxygens (including phenoxy) is 1. The zero-order valence-corrected chi connectivity index (χ0v) is 9.27. The van der Waals surface area contributed by atoms with Crippen LogP contribution in [0.3, 0.4) is 0 Å². The highest BCUT2D eigenvalue weighted by Gasteiger charge is 2.34. The fourth-order valence-corrected chi connectivity index (χ4v) is 2.52. The number of hydrogen-bond acceptors (Lipinski definition) is 1. The summed E-state index contributed by atoms with van der Waals surface area (Å²) in [5.41, 5.74) is 0.635. The Morgan fingerprint density at radius 1 is 0.846 bits per heavy atom. The van der Waals surface area contributed by atoms with Gasteiger partial charge in [0.2, 0.25) is 0 Å². The summed E-state index contributed by atoms with van der Waals surface area (Å²) in [6.45, 7) is 6.09. The lowest BCUT2D eigenvalue weighted by atomic mass is 9.80. The van der Waals surface area contributed by atoms with E-state index >= 15 is 0 Å². The molecule has 1 aliphatic carbocycles. The molecule has 0 aromatic rings. The Labute approximate surface area is 82.9 Å². The molecule has 2 aliphatic rings. The third-order valence-electron chi connectivity index (χ3n) is 3.35. The molecule has 0 N–H and O–H groups in total. The minimum atomic E-state index is 0.635. The van der Waals surface area contributed by atoms with Gasteiger partial charge in [-0.05, 0) is 24.7 Å². The normalized spacial score (nSPS) is 26.3. The van der Waals surface area contributed by atoms with Crippen molar-refractivity contribution in [2.75, 3.05) is 13.2 Å². The minimum Gasteiger partial charge on any atom is -0.381 e. The van der Waals surface area contributed by atoms with E-state index < -0.39 is 0 Å². The van der Waals surface area contributed by atoms with Gasteiger partial charge in [-0.2, -0.15) is 0 Å². The Kier molecular flexibility index (Phi) is 4.79. The van der Waals surface area contributed by atoms with Gasteiger partial charge in [0.1, 0.15) is 0 Å². The van der Waals surface area contributed by atoms with Crippen molar-refractivity contribution in [1.82, 2.24) is 0 Å². The van der Waals surface area contributed by atoms with Crippen LogP contribution in [0.2, 0.25) is 0 Å². The van der Waals surface area contributed by atoms with Gasteiger partial charge in [-0.3, -0.25) is 0 Å². The quantitative estimate of drug-likeness (QED) is 0.557. The lowest BCUT2D eigenvalue weighted by Crippen LogP contribution is -2.19. The van der Waals surface area contributed by atoms with Crippen molar-refractivity contribution in [3.8, 4) is 0 Å². The predicted molar refractivity (Wildman–Crippen MR) is 56.9 cm³/mol. The molecule has 1 heterocycles. The number of hydrogen-bond donors (Lipinski definition) is 0. The third kappa shape index (κ3) is 2.98. The molecule has 0 bridgehead atoms. The molecule has 1 saturated heterocycles. The minimum absolute atomic E-state index is 0.635. The molecule has 2 rings (SSSR count). The molecule has 13 heavy (non-hydrogen) atoms. The van der Waals surface area contributed by atoms with Gasteiger partial charge in [0.05, 0.1) is 6.61 Å². The smallest absolute Gasteiger partial charge is 0.0523 e. The van der Waals surface area contributed by atoms with Crippen LogP contribution in [0.4, 0.5) is 0 Å². The van der Waals surface area contributed by atoms with E-state index in [1.54, 1.807) is 0 Å².